The van der Waals surface area contributed by atoms with Crippen molar-refractivity contribution in [2.45, 2.75) is 44.4 Å². The highest BCUT2D eigenvalue weighted by Crippen LogP contribution is 2.44. The van der Waals surface area contributed by atoms with E-state index in [0.29, 0.717) is 62.7 Å². The van der Waals surface area contributed by atoms with Gasteiger partial charge in [0.25, 0.3) is 5.56 Å². The van der Waals surface area contributed by atoms with Gasteiger partial charge in [-0.25, -0.2) is 14.6 Å². The lowest BCUT2D eigenvalue weighted by atomic mass is 9.99. The van der Waals surface area contributed by atoms with E-state index in [2.05, 4.69) is 26.8 Å². The molecule has 10 nitrogen and oxygen atoms in total. The minimum atomic E-state index is -0.551. The lowest BCUT2D eigenvalue weighted by Crippen LogP contribution is -2.47. The summed E-state index contributed by atoms with van der Waals surface area (Å²) < 4.78 is 12.5. The Morgan fingerprint density at radius 2 is 1.81 bits per heavy atom. The third kappa shape index (κ3) is 5.85. The molecule has 0 unspecified atom stereocenters. The molecule has 0 saturated carbocycles. The molecule has 1 fully saturated rings. The predicted molar refractivity (Wildman–Crippen MR) is 184 cm³/mol. The molecule has 0 bridgehead atoms. The van der Waals surface area contributed by atoms with Gasteiger partial charge >= 0.3 is 0 Å². The van der Waals surface area contributed by atoms with E-state index in [4.69, 9.17) is 37.7 Å². The van der Waals surface area contributed by atoms with Crippen LogP contribution in [-0.4, -0.2) is 57.3 Å². The zero-order valence-electron chi connectivity index (χ0n) is 26.2. The number of aliphatic hydroxyl groups excluding tert-OH is 1. The highest BCUT2D eigenvalue weighted by atomic mass is 35.5. The molecule has 0 spiro atoms. The monoisotopic (exact) mass is 672 g/mol. The smallest absolute Gasteiger partial charge is 0.278 e. The number of fused-ring (bicyclic) bond motifs is 2. The number of aryl methyl sites for hydroxylation is 3. The molecular formula is C35H34Cl2N6O4. The molecule has 1 aliphatic carbocycles. The predicted octanol–water partition coefficient (Wildman–Crippen LogP) is 6.15. The van der Waals surface area contributed by atoms with Crippen LogP contribution in [0.25, 0.3) is 33.2 Å². The molecule has 1 aliphatic heterocycles. The summed E-state index contributed by atoms with van der Waals surface area (Å²) in [4.78, 5) is 22.6. The van der Waals surface area contributed by atoms with E-state index in [9.17, 15) is 9.90 Å². The number of benzene rings is 2. The first-order valence-electron chi connectivity index (χ1n) is 15.5. The van der Waals surface area contributed by atoms with E-state index in [-0.39, 0.29) is 17.6 Å². The number of rotatable bonds is 7. The van der Waals surface area contributed by atoms with E-state index in [1.807, 2.05) is 49.4 Å². The Morgan fingerprint density at radius 3 is 2.60 bits per heavy atom. The number of methoxy groups -OCH3 is 1. The lowest BCUT2D eigenvalue weighted by Gasteiger charge is -2.31. The largest absolute Gasteiger partial charge is 0.481 e. The Balaban J connectivity index is 1.23. The third-order valence-electron chi connectivity index (χ3n) is 8.97. The second kappa shape index (κ2) is 12.9. The van der Waals surface area contributed by atoms with Gasteiger partial charge in [0.1, 0.15) is 5.82 Å². The number of nitrogens with one attached hydrogen (secondary N) is 2. The highest BCUT2D eigenvalue weighted by molar-refractivity contribution is 6.39. The summed E-state index contributed by atoms with van der Waals surface area (Å²) >= 11 is 14.2. The molecule has 2 aliphatic rings. The van der Waals surface area contributed by atoms with Gasteiger partial charge in [-0.15, -0.1) is 0 Å². The summed E-state index contributed by atoms with van der Waals surface area (Å²) in [6, 6.07) is 15.3. The van der Waals surface area contributed by atoms with Crippen LogP contribution in [0.3, 0.4) is 0 Å². The van der Waals surface area contributed by atoms with Crippen molar-refractivity contribution >= 4 is 45.5 Å². The Morgan fingerprint density at radius 1 is 1.04 bits per heavy atom. The number of nitrogens with zero attached hydrogens (tertiary/aromatic N) is 4. The maximum Gasteiger partial charge on any atom is 0.278 e. The number of hydrogen-bond acceptors (Lipinski definition) is 9. The standard InChI is InChI=1S/C35H34Cl2N6O4/c1-18-14-20-16-38-43(2)35(45)30(20)33(39-18)41-26-9-5-7-22(32(26)37)21-6-4-8-23(31(21)36)27-15-19-10-11-25(29(19)34(42-27)46-3)40-24-12-13-47-17-28(24)44/h4-9,14-16,24-25,28,40,44H,10-13,17H2,1-3H3,(H,39,41)/t24-,25+,28+/m1/s1. The van der Waals surface area contributed by atoms with Crippen LogP contribution >= 0.6 is 23.2 Å². The van der Waals surface area contributed by atoms with Crippen LogP contribution in [0, 0.1) is 6.92 Å². The van der Waals surface area contributed by atoms with E-state index in [1.165, 1.54) is 4.68 Å². The molecule has 3 N–H and O–H groups in total. The summed E-state index contributed by atoms with van der Waals surface area (Å²) in [6.45, 7) is 2.82. The molecule has 4 heterocycles. The van der Waals surface area contributed by atoms with Crippen molar-refractivity contribution in [1.29, 1.82) is 0 Å². The highest BCUT2D eigenvalue weighted by Gasteiger charge is 2.33. The number of anilines is 2. The summed E-state index contributed by atoms with van der Waals surface area (Å²) in [5.41, 5.74) is 6.09. The van der Waals surface area contributed by atoms with Crippen molar-refractivity contribution in [2.24, 2.45) is 7.05 Å². The van der Waals surface area contributed by atoms with Gasteiger partial charge in [-0.05, 0) is 49.9 Å². The van der Waals surface area contributed by atoms with Crippen molar-refractivity contribution in [2.75, 3.05) is 25.6 Å². The molecule has 0 amide bonds. The van der Waals surface area contributed by atoms with Crippen LogP contribution in [0.2, 0.25) is 10.0 Å². The Kier molecular flexibility index (Phi) is 8.63. The average molecular weight is 674 g/mol. The van der Waals surface area contributed by atoms with Gasteiger partial charge < -0.3 is 25.2 Å². The number of aliphatic hydroxyl groups is 1. The van der Waals surface area contributed by atoms with Crippen molar-refractivity contribution in [3.63, 3.8) is 0 Å². The first kappa shape index (κ1) is 31.5. The molecule has 3 aromatic heterocycles. The van der Waals surface area contributed by atoms with E-state index < -0.39 is 6.10 Å². The summed E-state index contributed by atoms with van der Waals surface area (Å²) in [6.07, 6.45) is 3.56. The molecule has 7 rings (SSSR count). The van der Waals surface area contributed by atoms with Gasteiger partial charge in [0, 0.05) is 59.1 Å². The maximum absolute atomic E-state index is 13.0. The first-order valence-corrected chi connectivity index (χ1v) is 16.3. The number of aromatic nitrogens is 4. The zero-order valence-corrected chi connectivity index (χ0v) is 27.7. The fraction of sp³-hybridized carbons (Fsp3) is 0.314. The number of ether oxygens (including phenoxy) is 2. The van der Waals surface area contributed by atoms with Gasteiger partial charge in [0.05, 0.1) is 52.8 Å². The average Bonchev–Trinajstić information content (AvgIpc) is 3.47. The van der Waals surface area contributed by atoms with Gasteiger partial charge in [0.15, 0.2) is 0 Å². The number of pyridine rings is 2. The summed E-state index contributed by atoms with van der Waals surface area (Å²) in [5.74, 6) is 0.939. The second-order valence-corrected chi connectivity index (χ2v) is 12.7. The molecule has 12 heteroatoms. The molecule has 0 radical (unpaired) electrons. The SMILES string of the molecule is COc1nc(-c2cccc(-c3cccc(Nc4nc(C)cc5cnn(C)c(=O)c45)c3Cl)c2Cl)cc2c1[C@@H](N[C@@H]1CCOC[C@@H]1O)CC2. The topological polar surface area (TPSA) is 123 Å². The van der Waals surface area contributed by atoms with Crippen LogP contribution in [0.1, 0.15) is 35.7 Å². The van der Waals surface area contributed by atoms with Crippen molar-refractivity contribution in [3.8, 4) is 28.3 Å². The minimum Gasteiger partial charge on any atom is -0.481 e. The van der Waals surface area contributed by atoms with Crippen LogP contribution in [0.5, 0.6) is 5.88 Å². The van der Waals surface area contributed by atoms with Crippen LogP contribution in [0.15, 0.2) is 59.5 Å². The Labute approximate surface area is 281 Å². The Bertz CT molecular complexity index is 2070. The van der Waals surface area contributed by atoms with Crippen LogP contribution in [-0.2, 0) is 18.2 Å². The van der Waals surface area contributed by atoms with Crippen LogP contribution in [0.4, 0.5) is 11.5 Å². The minimum absolute atomic E-state index is 0.0200. The lowest BCUT2D eigenvalue weighted by molar-refractivity contribution is -0.0304. The molecule has 2 aromatic carbocycles. The molecule has 47 heavy (non-hydrogen) atoms. The third-order valence-corrected chi connectivity index (χ3v) is 9.78. The normalized spacial score (nSPS) is 19.1. The number of hydrogen-bond donors (Lipinski definition) is 3. The molecule has 3 atom stereocenters. The number of halogens is 2. The van der Waals surface area contributed by atoms with Crippen molar-refractivity contribution in [3.05, 3.63) is 91.9 Å². The second-order valence-electron chi connectivity index (χ2n) is 12.0. The van der Waals surface area contributed by atoms with E-state index in [0.717, 1.165) is 47.2 Å². The van der Waals surface area contributed by atoms with Crippen LogP contribution < -0.4 is 20.9 Å². The van der Waals surface area contributed by atoms with Gasteiger partial charge in [-0.1, -0.05) is 53.5 Å². The molecular weight excluding hydrogens is 639 g/mol. The maximum atomic E-state index is 13.0. The fourth-order valence-electron chi connectivity index (χ4n) is 6.62. The van der Waals surface area contributed by atoms with Gasteiger partial charge in [-0.3, -0.25) is 4.79 Å². The van der Waals surface area contributed by atoms with Crippen molar-refractivity contribution in [1.82, 2.24) is 25.1 Å². The first-order chi connectivity index (χ1) is 22.7. The summed E-state index contributed by atoms with van der Waals surface area (Å²) in [5, 5.41) is 23.6. The quantitative estimate of drug-likeness (QED) is 0.187. The Hall–Kier alpha value is -4.06. The molecule has 5 aromatic rings. The fourth-order valence-corrected chi connectivity index (χ4v) is 7.22. The van der Waals surface area contributed by atoms with E-state index in [1.54, 1.807) is 20.4 Å². The molecule has 242 valence electrons. The van der Waals surface area contributed by atoms with E-state index >= 15 is 0 Å². The van der Waals surface area contributed by atoms with Gasteiger partial charge in [0.2, 0.25) is 5.88 Å². The summed E-state index contributed by atoms with van der Waals surface area (Å²) in [7, 11) is 3.23. The van der Waals surface area contributed by atoms with Gasteiger partial charge in [-0.2, -0.15) is 5.10 Å². The van der Waals surface area contributed by atoms with Crippen molar-refractivity contribution < 1.29 is 14.6 Å². The molecule has 1 saturated heterocycles. The zero-order chi connectivity index (χ0) is 32.8.